The van der Waals surface area contributed by atoms with E-state index in [-0.39, 0.29) is 0 Å². The van der Waals surface area contributed by atoms with Gasteiger partial charge >= 0.3 is 0 Å². The first-order valence-corrected chi connectivity index (χ1v) is 6.41. The van der Waals surface area contributed by atoms with Crippen LogP contribution in [-0.2, 0) is 0 Å². The van der Waals surface area contributed by atoms with Gasteiger partial charge in [0, 0.05) is 16.7 Å². The lowest BCUT2D eigenvalue weighted by atomic mass is 10.2. The maximum absolute atomic E-state index is 9.13. The van der Waals surface area contributed by atoms with Gasteiger partial charge in [0.25, 0.3) is 0 Å². The van der Waals surface area contributed by atoms with Crippen LogP contribution >= 0.6 is 15.9 Å². The lowest BCUT2D eigenvalue weighted by Gasteiger charge is -2.07. The van der Waals surface area contributed by atoms with Gasteiger partial charge in [0.1, 0.15) is 6.07 Å². The van der Waals surface area contributed by atoms with E-state index in [4.69, 9.17) is 5.26 Å². The minimum atomic E-state index is 0.318. The van der Waals surface area contributed by atoms with Gasteiger partial charge in [-0.3, -0.25) is 4.68 Å². The fourth-order valence-corrected chi connectivity index (χ4v) is 2.04. The highest BCUT2D eigenvalue weighted by Gasteiger charge is 2.07. The Hall–Kier alpha value is -1.80. The quantitative estimate of drug-likeness (QED) is 0.937. The van der Waals surface area contributed by atoms with Crippen LogP contribution in [-0.4, -0.2) is 9.78 Å². The van der Waals surface area contributed by atoms with Gasteiger partial charge in [-0.25, -0.2) is 0 Å². The number of nitrogens with one attached hydrogen (secondary N) is 1. The summed E-state index contributed by atoms with van der Waals surface area (Å²) in [6.45, 7) is 4.13. The SMILES string of the molecule is CC(C)n1cc(Nc2cccc(Br)c2C#N)cn1. The van der Waals surface area contributed by atoms with E-state index in [9.17, 15) is 0 Å². The zero-order valence-corrected chi connectivity index (χ0v) is 11.8. The lowest BCUT2D eigenvalue weighted by Crippen LogP contribution is -2.00. The number of nitriles is 1. The van der Waals surface area contributed by atoms with E-state index >= 15 is 0 Å². The summed E-state index contributed by atoms with van der Waals surface area (Å²) in [6, 6.07) is 8.10. The molecule has 2 aromatic rings. The van der Waals surface area contributed by atoms with Crippen LogP contribution in [0.5, 0.6) is 0 Å². The summed E-state index contributed by atoms with van der Waals surface area (Å²) in [4.78, 5) is 0. The second-order valence-corrected chi connectivity index (χ2v) is 5.06. The van der Waals surface area contributed by atoms with Gasteiger partial charge < -0.3 is 5.32 Å². The third-order valence-electron chi connectivity index (χ3n) is 2.54. The number of halogens is 1. The topological polar surface area (TPSA) is 53.6 Å². The molecule has 0 saturated heterocycles. The van der Waals surface area contributed by atoms with Crippen molar-refractivity contribution in [1.29, 1.82) is 5.26 Å². The molecule has 1 N–H and O–H groups in total. The first kappa shape index (κ1) is 12.7. The Kier molecular flexibility index (Phi) is 3.68. The number of aromatic nitrogens is 2. The molecule has 0 aliphatic rings. The molecule has 5 heteroatoms. The highest BCUT2D eigenvalue weighted by Crippen LogP contribution is 2.26. The number of hydrogen-bond donors (Lipinski definition) is 1. The predicted molar refractivity (Wildman–Crippen MR) is 74.8 cm³/mol. The number of anilines is 2. The van der Waals surface area contributed by atoms with Crippen LogP contribution in [0, 0.1) is 11.3 Å². The first-order valence-electron chi connectivity index (χ1n) is 5.61. The molecular formula is C13H13BrN4. The molecular weight excluding hydrogens is 292 g/mol. The van der Waals surface area contributed by atoms with Crippen molar-refractivity contribution >= 4 is 27.3 Å². The number of nitrogens with zero attached hydrogens (tertiary/aromatic N) is 3. The van der Waals surface area contributed by atoms with Crippen molar-refractivity contribution in [2.24, 2.45) is 0 Å². The summed E-state index contributed by atoms with van der Waals surface area (Å²) in [5.41, 5.74) is 2.24. The number of benzene rings is 1. The zero-order chi connectivity index (χ0) is 13.1. The van der Waals surface area contributed by atoms with Crippen LogP contribution in [0.2, 0.25) is 0 Å². The summed E-state index contributed by atoms with van der Waals surface area (Å²) in [6.07, 6.45) is 3.68. The van der Waals surface area contributed by atoms with Crippen LogP contribution in [0.4, 0.5) is 11.4 Å². The van der Waals surface area contributed by atoms with E-state index in [2.05, 4.69) is 46.3 Å². The van der Waals surface area contributed by atoms with Crippen molar-refractivity contribution in [3.63, 3.8) is 0 Å². The Labute approximate surface area is 114 Å². The highest BCUT2D eigenvalue weighted by molar-refractivity contribution is 9.10. The monoisotopic (exact) mass is 304 g/mol. The third kappa shape index (κ3) is 2.54. The molecule has 18 heavy (non-hydrogen) atoms. The molecule has 0 atom stereocenters. The molecule has 1 aromatic carbocycles. The van der Waals surface area contributed by atoms with Gasteiger partial charge in [-0.1, -0.05) is 6.07 Å². The van der Waals surface area contributed by atoms with Crippen LogP contribution in [0.15, 0.2) is 35.1 Å². The van der Waals surface area contributed by atoms with Crippen LogP contribution in [0.3, 0.4) is 0 Å². The molecule has 0 aliphatic carbocycles. The fraction of sp³-hybridized carbons (Fsp3) is 0.231. The summed E-state index contributed by atoms with van der Waals surface area (Å²) >= 11 is 3.37. The molecule has 0 saturated carbocycles. The molecule has 0 fully saturated rings. The maximum atomic E-state index is 9.13. The van der Waals surface area contributed by atoms with E-state index in [0.717, 1.165) is 15.8 Å². The Morgan fingerprint density at radius 2 is 2.22 bits per heavy atom. The summed E-state index contributed by atoms with van der Waals surface area (Å²) in [7, 11) is 0. The third-order valence-corrected chi connectivity index (χ3v) is 3.20. The fourth-order valence-electron chi connectivity index (χ4n) is 1.58. The van der Waals surface area contributed by atoms with E-state index < -0.39 is 0 Å². The highest BCUT2D eigenvalue weighted by atomic mass is 79.9. The Balaban J connectivity index is 2.29. The molecule has 0 radical (unpaired) electrons. The van der Waals surface area contributed by atoms with Crippen LogP contribution in [0.1, 0.15) is 25.5 Å². The van der Waals surface area contributed by atoms with E-state index in [1.54, 1.807) is 6.20 Å². The Morgan fingerprint density at radius 1 is 1.44 bits per heavy atom. The Morgan fingerprint density at radius 3 is 2.83 bits per heavy atom. The molecule has 0 bridgehead atoms. The Bertz CT molecular complexity index is 595. The van der Waals surface area contributed by atoms with Crippen molar-refractivity contribution in [2.45, 2.75) is 19.9 Å². The second kappa shape index (κ2) is 5.23. The standard InChI is InChI=1S/C13H13BrN4/c1-9(2)18-8-10(7-16-18)17-13-5-3-4-12(14)11(13)6-15/h3-5,7-9,17H,1-2H3. The van der Waals surface area contributed by atoms with Crippen molar-refractivity contribution < 1.29 is 0 Å². The van der Waals surface area contributed by atoms with Gasteiger partial charge in [0.15, 0.2) is 0 Å². The van der Waals surface area contributed by atoms with E-state index in [1.807, 2.05) is 29.1 Å². The van der Waals surface area contributed by atoms with Crippen LogP contribution < -0.4 is 5.32 Å². The summed E-state index contributed by atoms with van der Waals surface area (Å²) in [5.74, 6) is 0. The van der Waals surface area contributed by atoms with Gasteiger partial charge in [-0.05, 0) is 41.9 Å². The van der Waals surface area contributed by atoms with Crippen molar-refractivity contribution in [3.05, 3.63) is 40.6 Å². The van der Waals surface area contributed by atoms with Gasteiger partial charge in [-0.2, -0.15) is 10.4 Å². The normalized spacial score (nSPS) is 10.4. The van der Waals surface area contributed by atoms with Crippen molar-refractivity contribution in [2.75, 3.05) is 5.32 Å². The molecule has 0 unspecified atom stereocenters. The molecule has 92 valence electrons. The van der Waals surface area contributed by atoms with Crippen molar-refractivity contribution in [3.8, 4) is 6.07 Å². The second-order valence-electron chi connectivity index (χ2n) is 4.20. The molecule has 0 spiro atoms. The average Bonchev–Trinajstić information content (AvgIpc) is 2.78. The van der Waals surface area contributed by atoms with Gasteiger partial charge in [0.05, 0.1) is 23.1 Å². The number of hydrogen-bond acceptors (Lipinski definition) is 3. The van der Waals surface area contributed by atoms with Gasteiger partial charge in [0.2, 0.25) is 0 Å². The summed E-state index contributed by atoms with van der Waals surface area (Å²) < 4.78 is 2.65. The molecule has 0 aliphatic heterocycles. The molecule has 4 nitrogen and oxygen atoms in total. The van der Waals surface area contributed by atoms with Crippen molar-refractivity contribution in [1.82, 2.24) is 9.78 Å². The summed E-state index contributed by atoms with van der Waals surface area (Å²) in [5, 5.41) is 16.6. The van der Waals surface area contributed by atoms with Crippen LogP contribution in [0.25, 0.3) is 0 Å². The van der Waals surface area contributed by atoms with E-state index in [0.29, 0.717) is 11.6 Å². The van der Waals surface area contributed by atoms with E-state index in [1.165, 1.54) is 0 Å². The van der Waals surface area contributed by atoms with Gasteiger partial charge in [-0.15, -0.1) is 0 Å². The smallest absolute Gasteiger partial charge is 0.103 e. The predicted octanol–water partition coefficient (Wildman–Crippen LogP) is 3.84. The minimum Gasteiger partial charge on any atom is -0.352 e. The molecule has 1 aromatic heterocycles. The maximum Gasteiger partial charge on any atom is 0.103 e. The molecule has 2 rings (SSSR count). The lowest BCUT2D eigenvalue weighted by molar-refractivity contribution is 0.532. The molecule has 0 amide bonds. The number of rotatable bonds is 3. The first-order chi connectivity index (χ1) is 8.61. The largest absolute Gasteiger partial charge is 0.352 e. The zero-order valence-electron chi connectivity index (χ0n) is 10.2. The average molecular weight is 305 g/mol. The molecule has 1 heterocycles. The minimum absolute atomic E-state index is 0.318.